The second kappa shape index (κ2) is 9.56. The number of fused-ring (bicyclic) bond motifs is 1. The zero-order chi connectivity index (χ0) is 22.5. The molecule has 0 aliphatic carbocycles. The number of nitrogens with zero attached hydrogens (tertiary/aromatic N) is 2. The summed E-state index contributed by atoms with van der Waals surface area (Å²) in [6, 6.07) is 17.9. The van der Waals surface area contributed by atoms with Crippen LogP contribution in [-0.4, -0.2) is 29.7 Å². The van der Waals surface area contributed by atoms with Crippen molar-refractivity contribution < 1.29 is 14.3 Å². The summed E-state index contributed by atoms with van der Waals surface area (Å²) in [5, 5.41) is 4.17. The molecule has 2 aromatic heterocycles. The number of methoxy groups -OCH3 is 2. The molecule has 1 atom stereocenters. The highest BCUT2D eigenvalue weighted by molar-refractivity contribution is 5.86. The first-order valence-electron chi connectivity index (χ1n) is 10.5. The van der Waals surface area contributed by atoms with Crippen molar-refractivity contribution in [3.05, 3.63) is 89.9 Å². The van der Waals surface area contributed by atoms with Gasteiger partial charge in [-0.3, -0.25) is 9.78 Å². The molecule has 4 aromatic rings. The quantitative estimate of drug-likeness (QED) is 0.450. The third-order valence-corrected chi connectivity index (χ3v) is 5.72. The minimum atomic E-state index is -0.144. The van der Waals surface area contributed by atoms with E-state index in [1.54, 1.807) is 26.6 Å². The van der Waals surface area contributed by atoms with Gasteiger partial charge < -0.3 is 19.4 Å². The molecule has 6 heteroatoms. The molecule has 0 aliphatic heterocycles. The number of carbonyl (C=O) groups excluding carboxylic acids is 1. The maximum atomic E-state index is 13.0. The van der Waals surface area contributed by atoms with Crippen molar-refractivity contribution in [2.45, 2.75) is 18.9 Å². The lowest BCUT2D eigenvalue weighted by Crippen LogP contribution is -2.25. The van der Waals surface area contributed by atoms with E-state index in [9.17, 15) is 4.79 Å². The third kappa shape index (κ3) is 4.44. The Balaban J connectivity index is 1.69. The smallest absolute Gasteiger partial charge is 0.221 e. The van der Waals surface area contributed by atoms with Crippen LogP contribution < -0.4 is 14.8 Å². The number of rotatable bonds is 8. The highest BCUT2D eigenvalue weighted by Crippen LogP contribution is 2.38. The van der Waals surface area contributed by atoms with Crippen LogP contribution in [0.3, 0.4) is 0 Å². The van der Waals surface area contributed by atoms with E-state index in [2.05, 4.69) is 33.2 Å². The molecular formula is C26H27N3O3. The van der Waals surface area contributed by atoms with Crippen LogP contribution in [0.5, 0.6) is 11.5 Å². The molecule has 164 valence electrons. The zero-order valence-electron chi connectivity index (χ0n) is 18.5. The fourth-order valence-corrected chi connectivity index (χ4v) is 4.09. The van der Waals surface area contributed by atoms with Crippen LogP contribution in [0.2, 0.25) is 0 Å². The summed E-state index contributed by atoms with van der Waals surface area (Å²) in [4.78, 5) is 17.1. The number of carbonyl (C=O) groups is 1. The van der Waals surface area contributed by atoms with Gasteiger partial charge in [0, 0.05) is 55.4 Å². The molecule has 1 amide bonds. The van der Waals surface area contributed by atoms with Gasteiger partial charge in [-0.1, -0.05) is 30.3 Å². The number of aromatic nitrogens is 2. The van der Waals surface area contributed by atoms with Crippen molar-refractivity contribution >= 4 is 16.8 Å². The summed E-state index contributed by atoms with van der Waals surface area (Å²) < 4.78 is 13.0. The van der Waals surface area contributed by atoms with Gasteiger partial charge in [-0.2, -0.15) is 0 Å². The molecule has 0 radical (unpaired) electrons. The molecule has 1 N–H and O–H groups in total. The Bertz CT molecular complexity index is 1220. The fraction of sp³-hybridized carbons (Fsp3) is 0.231. The summed E-state index contributed by atoms with van der Waals surface area (Å²) in [5.74, 6) is 1.14. The molecule has 2 aromatic carbocycles. The highest BCUT2D eigenvalue weighted by Gasteiger charge is 2.23. The van der Waals surface area contributed by atoms with Crippen molar-refractivity contribution in [1.29, 1.82) is 0 Å². The van der Waals surface area contributed by atoms with E-state index in [0.29, 0.717) is 24.5 Å². The second-order valence-electron chi connectivity index (χ2n) is 7.72. The van der Waals surface area contributed by atoms with Crippen molar-refractivity contribution in [2.75, 3.05) is 14.2 Å². The normalized spacial score (nSPS) is 11.8. The van der Waals surface area contributed by atoms with E-state index in [0.717, 1.165) is 27.6 Å². The van der Waals surface area contributed by atoms with E-state index in [1.165, 1.54) is 0 Å². The first-order valence-corrected chi connectivity index (χ1v) is 10.5. The number of para-hydroxylation sites is 1. The standard InChI is InChI=1S/C26H27N3O3/c1-29-17-22(20-8-4-5-9-23(20)29)21(19-10-11-24(31-2)25(13-19)32-3)14-26(30)28-16-18-7-6-12-27-15-18/h4-13,15,17,21H,14,16H2,1-3H3,(H,28,30)/t21-/m1/s1. The Morgan fingerprint density at radius 3 is 2.62 bits per heavy atom. The lowest BCUT2D eigenvalue weighted by Gasteiger charge is -2.19. The Morgan fingerprint density at radius 1 is 1.06 bits per heavy atom. The molecule has 0 saturated carbocycles. The average molecular weight is 430 g/mol. The molecule has 0 aliphatic rings. The van der Waals surface area contributed by atoms with Crippen molar-refractivity contribution in [2.24, 2.45) is 7.05 Å². The first-order chi connectivity index (χ1) is 15.6. The van der Waals surface area contributed by atoms with Gasteiger partial charge in [-0.15, -0.1) is 0 Å². The Hall–Kier alpha value is -3.80. The number of pyridine rings is 1. The lowest BCUT2D eigenvalue weighted by molar-refractivity contribution is -0.121. The van der Waals surface area contributed by atoms with Crippen molar-refractivity contribution in [3.8, 4) is 11.5 Å². The average Bonchev–Trinajstić information content (AvgIpc) is 3.17. The van der Waals surface area contributed by atoms with Crippen LogP contribution in [0.25, 0.3) is 10.9 Å². The van der Waals surface area contributed by atoms with Crippen LogP contribution in [0.4, 0.5) is 0 Å². The molecule has 32 heavy (non-hydrogen) atoms. The topological polar surface area (TPSA) is 65.4 Å². The molecule has 6 nitrogen and oxygen atoms in total. The molecular weight excluding hydrogens is 402 g/mol. The van der Waals surface area contributed by atoms with Crippen LogP contribution in [0, 0.1) is 0 Å². The third-order valence-electron chi connectivity index (χ3n) is 5.72. The number of ether oxygens (including phenoxy) is 2. The number of hydrogen-bond donors (Lipinski definition) is 1. The number of aryl methyl sites for hydroxylation is 1. The van der Waals surface area contributed by atoms with E-state index in [1.807, 2.05) is 49.5 Å². The molecule has 0 unspecified atom stereocenters. The maximum Gasteiger partial charge on any atom is 0.221 e. The number of amides is 1. The molecule has 0 saturated heterocycles. The summed E-state index contributed by atoms with van der Waals surface area (Å²) in [7, 11) is 5.26. The summed E-state index contributed by atoms with van der Waals surface area (Å²) in [5.41, 5.74) is 4.19. The van der Waals surface area contributed by atoms with E-state index < -0.39 is 0 Å². The lowest BCUT2D eigenvalue weighted by atomic mass is 9.87. The van der Waals surface area contributed by atoms with Crippen molar-refractivity contribution in [3.63, 3.8) is 0 Å². The molecule has 0 spiro atoms. The van der Waals surface area contributed by atoms with Crippen molar-refractivity contribution in [1.82, 2.24) is 14.9 Å². The first kappa shape index (κ1) is 21.4. The van der Waals surface area contributed by atoms with Crippen LogP contribution in [0.1, 0.15) is 29.0 Å². The van der Waals surface area contributed by atoms with Gasteiger partial charge in [0.1, 0.15) is 0 Å². The fourth-order valence-electron chi connectivity index (χ4n) is 4.09. The van der Waals surface area contributed by atoms with Crippen LogP contribution >= 0.6 is 0 Å². The zero-order valence-corrected chi connectivity index (χ0v) is 18.5. The van der Waals surface area contributed by atoms with Gasteiger partial charge in [-0.25, -0.2) is 0 Å². The maximum absolute atomic E-state index is 13.0. The highest BCUT2D eigenvalue weighted by atomic mass is 16.5. The van der Waals surface area contributed by atoms with Gasteiger partial charge >= 0.3 is 0 Å². The van der Waals surface area contributed by atoms with Crippen LogP contribution in [-0.2, 0) is 18.4 Å². The number of benzene rings is 2. The minimum absolute atomic E-state index is 0.0263. The van der Waals surface area contributed by atoms with Gasteiger partial charge in [0.15, 0.2) is 11.5 Å². The van der Waals surface area contributed by atoms with E-state index >= 15 is 0 Å². The predicted octanol–water partition coefficient (Wildman–Crippen LogP) is 4.43. The Morgan fingerprint density at radius 2 is 1.88 bits per heavy atom. The predicted molar refractivity (Wildman–Crippen MR) is 125 cm³/mol. The van der Waals surface area contributed by atoms with E-state index in [-0.39, 0.29) is 11.8 Å². The molecule has 4 rings (SSSR count). The number of nitrogens with one attached hydrogen (secondary N) is 1. The second-order valence-corrected chi connectivity index (χ2v) is 7.72. The Kier molecular flexibility index (Phi) is 6.40. The number of hydrogen-bond acceptors (Lipinski definition) is 4. The Labute approximate surface area is 187 Å². The molecule has 0 fully saturated rings. The van der Waals surface area contributed by atoms with Crippen LogP contribution in [0.15, 0.2) is 73.2 Å². The summed E-state index contributed by atoms with van der Waals surface area (Å²) in [6.07, 6.45) is 5.90. The SMILES string of the molecule is COc1ccc([C@@H](CC(=O)NCc2cccnc2)c2cn(C)c3ccccc23)cc1OC. The van der Waals surface area contributed by atoms with Gasteiger partial charge in [0.25, 0.3) is 0 Å². The monoisotopic (exact) mass is 429 g/mol. The molecule has 2 heterocycles. The largest absolute Gasteiger partial charge is 0.493 e. The minimum Gasteiger partial charge on any atom is -0.493 e. The molecule has 0 bridgehead atoms. The van der Waals surface area contributed by atoms with Gasteiger partial charge in [0.05, 0.1) is 14.2 Å². The summed E-state index contributed by atoms with van der Waals surface area (Å²) in [6.45, 7) is 0.445. The van der Waals surface area contributed by atoms with E-state index in [4.69, 9.17) is 9.47 Å². The summed E-state index contributed by atoms with van der Waals surface area (Å²) >= 11 is 0. The van der Waals surface area contributed by atoms with Gasteiger partial charge in [-0.05, 0) is 41.0 Å². The van der Waals surface area contributed by atoms with Gasteiger partial charge in [0.2, 0.25) is 5.91 Å².